The number of hydrogen-bond donors (Lipinski definition) is 1. The van der Waals surface area contributed by atoms with Gasteiger partial charge in [-0.15, -0.1) is 0 Å². The minimum atomic E-state index is -0.452. The highest BCUT2D eigenvalue weighted by atomic mass is 16.5. The topological polar surface area (TPSA) is 55.6 Å². The Morgan fingerprint density at radius 1 is 1.45 bits per heavy atom. The van der Waals surface area contributed by atoms with Crippen molar-refractivity contribution in [3.8, 4) is 0 Å². The number of carbonyl (C=O) groups excluding carboxylic acids is 1. The van der Waals surface area contributed by atoms with Crippen LogP contribution in [0, 0.1) is 5.41 Å². The van der Waals surface area contributed by atoms with Crippen LogP contribution in [0.3, 0.4) is 0 Å². The van der Waals surface area contributed by atoms with Gasteiger partial charge in [0.2, 0.25) is 0 Å². The first-order valence-corrected chi connectivity index (χ1v) is 7.16. The molecule has 4 heteroatoms. The number of rotatable bonds is 4. The molecule has 0 fully saturated rings. The number of ether oxygens (including phenoxy) is 1. The maximum absolute atomic E-state index is 11.7. The van der Waals surface area contributed by atoms with E-state index in [9.17, 15) is 4.79 Å². The second kappa shape index (κ2) is 5.73. The van der Waals surface area contributed by atoms with Crippen molar-refractivity contribution in [1.29, 1.82) is 0 Å². The van der Waals surface area contributed by atoms with Crippen LogP contribution in [0.5, 0.6) is 0 Å². The number of carbonyl (C=O) groups is 1. The van der Waals surface area contributed by atoms with Crippen molar-refractivity contribution >= 4 is 17.3 Å². The summed E-state index contributed by atoms with van der Waals surface area (Å²) in [5, 5.41) is 0. The summed E-state index contributed by atoms with van der Waals surface area (Å²) in [6.07, 6.45) is 2.92. The second-order valence-electron chi connectivity index (χ2n) is 6.06. The smallest absolute Gasteiger partial charge is 0.311 e. The molecule has 1 aliphatic rings. The Labute approximate surface area is 120 Å². The molecule has 20 heavy (non-hydrogen) atoms. The van der Waals surface area contributed by atoms with E-state index in [1.807, 2.05) is 26.0 Å². The highest BCUT2D eigenvalue weighted by Crippen LogP contribution is 2.32. The van der Waals surface area contributed by atoms with Crippen molar-refractivity contribution in [1.82, 2.24) is 0 Å². The van der Waals surface area contributed by atoms with E-state index in [2.05, 4.69) is 11.0 Å². The summed E-state index contributed by atoms with van der Waals surface area (Å²) in [6.45, 7) is 5.73. The molecule has 0 aliphatic carbocycles. The lowest BCUT2D eigenvalue weighted by molar-refractivity contribution is -0.150. The molecule has 0 atom stereocenters. The number of hydrogen-bond acceptors (Lipinski definition) is 4. The fraction of sp³-hybridized carbons (Fsp3) is 0.562. The molecule has 0 spiro atoms. The summed E-state index contributed by atoms with van der Waals surface area (Å²) in [4.78, 5) is 14.1. The molecule has 4 nitrogen and oxygen atoms in total. The van der Waals surface area contributed by atoms with Gasteiger partial charge in [-0.2, -0.15) is 0 Å². The van der Waals surface area contributed by atoms with E-state index >= 15 is 0 Å². The molecule has 0 saturated carbocycles. The molecule has 2 rings (SSSR count). The van der Waals surface area contributed by atoms with Crippen molar-refractivity contribution in [2.75, 3.05) is 30.8 Å². The quantitative estimate of drug-likeness (QED) is 0.678. The number of esters is 1. The van der Waals surface area contributed by atoms with Crippen LogP contribution >= 0.6 is 0 Å². The van der Waals surface area contributed by atoms with E-state index in [0.29, 0.717) is 0 Å². The molecule has 0 bridgehead atoms. The molecule has 0 aromatic heterocycles. The third-order valence-electron chi connectivity index (χ3n) is 4.13. The first-order chi connectivity index (χ1) is 9.45. The van der Waals surface area contributed by atoms with Gasteiger partial charge in [-0.3, -0.25) is 4.79 Å². The summed E-state index contributed by atoms with van der Waals surface area (Å²) >= 11 is 0. The van der Waals surface area contributed by atoms with Gasteiger partial charge in [0.05, 0.1) is 12.5 Å². The highest BCUT2D eigenvalue weighted by Gasteiger charge is 2.30. The lowest BCUT2D eigenvalue weighted by atomic mass is 9.88. The van der Waals surface area contributed by atoms with Gasteiger partial charge >= 0.3 is 5.97 Å². The number of nitrogens with two attached hydrogens (primary N) is 1. The first kappa shape index (κ1) is 14.7. The Kier molecular flexibility index (Phi) is 4.21. The Balaban J connectivity index is 2.10. The van der Waals surface area contributed by atoms with Crippen LogP contribution in [0.25, 0.3) is 0 Å². The third-order valence-corrected chi connectivity index (χ3v) is 4.13. The molecular formula is C16H24N2O2. The van der Waals surface area contributed by atoms with Crippen molar-refractivity contribution in [3.05, 3.63) is 23.8 Å². The van der Waals surface area contributed by atoms with Crippen LogP contribution in [0.15, 0.2) is 18.2 Å². The highest BCUT2D eigenvalue weighted by molar-refractivity contribution is 5.75. The maximum Gasteiger partial charge on any atom is 0.311 e. The van der Waals surface area contributed by atoms with Crippen LogP contribution in [-0.4, -0.2) is 26.2 Å². The minimum Gasteiger partial charge on any atom is -0.469 e. The largest absolute Gasteiger partial charge is 0.469 e. The van der Waals surface area contributed by atoms with Crippen molar-refractivity contribution < 1.29 is 9.53 Å². The van der Waals surface area contributed by atoms with Gasteiger partial charge in [-0.05, 0) is 50.8 Å². The molecule has 1 heterocycles. The molecule has 0 unspecified atom stereocenters. The van der Waals surface area contributed by atoms with E-state index in [0.717, 1.165) is 38.0 Å². The zero-order valence-electron chi connectivity index (χ0n) is 12.6. The minimum absolute atomic E-state index is 0.151. The molecule has 1 aromatic carbocycles. The summed E-state index contributed by atoms with van der Waals surface area (Å²) in [6, 6.07) is 6.08. The molecule has 1 aromatic rings. The van der Waals surface area contributed by atoms with Crippen LogP contribution in [-0.2, 0) is 16.0 Å². The SMILES string of the molecule is COC(=O)C(C)(C)CCN1CCCc2c(N)cccc21. The number of fused-ring (bicyclic) bond motifs is 1. The molecule has 2 N–H and O–H groups in total. The summed E-state index contributed by atoms with van der Waals surface area (Å²) < 4.78 is 4.87. The maximum atomic E-state index is 11.7. The molecule has 0 radical (unpaired) electrons. The number of anilines is 2. The zero-order chi connectivity index (χ0) is 14.8. The lowest BCUT2D eigenvalue weighted by Gasteiger charge is -2.34. The summed E-state index contributed by atoms with van der Waals surface area (Å²) in [5.41, 5.74) is 8.94. The van der Waals surface area contributed by atoms with Crippen LogP contribution < -0.4 is 10.6 Å². The van der Waals surface area contributed by atoms with Gasteiger partial charge in [0.25, 0.3) is 0 Å². The van der Waals surface area contributed by atoms with Gasteiger partial charge < -0.3 is 15.4 Å². The fourth-order valence-electron chi connectivity index (χ4n) is 2.75. The van der Waals surface area contributed by atoms with Crippen molar-refractivity contribution in [2.24, 2.45) is 5.41 Å². The van der Waals surface area contributed by atoms with Gasteiger partial charge in [0, 0.05) is 24.5 Å². The van der Waals surface area contributed by atoms with Crippen LogP contribution in [0.4, 0.5) is 11.4 Å². The standard InChI is InChI=1S/C16H24N2O2/c1-16(2,15(19)20-3)9-11-18-10-5-6-12-13(17)7-4-8-14(12)18/h4,7-8H,5-6,9-11,17H2,1-3H3. The van der Waals surface area contributed by atoms with Crippen molar-refractivity contribution in [3.63, 3.8) is 0 Å². The van der Waals surface area contributed by atoms with Crippen LogP contribution in [0.1, 0.15) is 32.3 Å². The number of nitrogens with zero attached hydrogens (tertiary/aromatic N) is 1. The number of benzene rings is 1. The molecule has 0 amide bonds. The van der Waals surface area contributed by atoms with Crippen molar-refractivity contribution in [2.45, 2.75) is 33.1 Å². The van der Waals surface area contributed by atoms with E-state index in [-0.39, 0.29) is 5.97 Å². The molecule has 110 valence electrons. The molecular weight excluding hydrogens is 252 g/mol. The van der Waals surface area contributed by atoms with E-state index < -0.39 is 5.41 Å². The Morgan fingerprint density at radius 3 is 2.90 bits per heavy atom. The Hall–Kier alpha value is -1.71. The molecule has 1 aliphatic heterocycles. The average molecular weight is 276 g/mol. The second-order valence-corrected chi connectivity index (χ2v) is 6.06. The average Bonchev–Trinajstić information content (AvgIpc) is 2.44. The summed E-state index contributed by atoms with van der Waals surface area (Å²) in [5.74, 6) is -0.151. The predicted molar refractivity (Wildman–Crippen MR) is 81.8 cm³/mol. The van der Waals surface area contributed by atoms with Gasteiger partial charge in [-0.1, -0.05) is 6.07 Å². The van der Waals surface area contributed by atoms with E-state index in [1.165, 1.54) is 18.4 Å². The number of methoxy groups -OCH3 is 1. The summed E-state index contributed by atoms with van der Waals surface area (Å²) in [7, 11) is 1.45. The normalized spacial score (nSPS) is 14.8. The van der Waals surface area contributed by atoms with E-state index in [4.69, 9.17) is 10.5 Å². The third kappa shape index (κ3) is 2.89. The monoisotopic (exact) mass is 276 g/mol. The van der Waals surface area contributed by atoms with Gasteiger partial charge in [0.15, 0.2) is 0 Å². The van der Waals surface area contributed by atoms with Gasteiger partial charge in [-0.25, -0.2) is 0 Å². The lowest BCUT2D eigenvalue weighted by Crippen LogP contribution is -2.35. The molecule has 0 saturated heterocycles. The first-order valence-electron chi connectivity index (χ1n) is 7.16. The zero-order valence-corrected chi connectivity index (χ0v) is 12.6. The van der Waals surface area contributed by atoms with Crippen LogP contribution in [0.2, 0.25) is 0 Å². The Morgan fingerprint density at radius 2 is 2.20 bits per heavy atom. The fourth-order valence-corrected chi connectivity index (χ4v) is 2.75. The van der Waals surface area contributed by atoms with Gasteiger partial charge in [0.1, 0.15) is 0 Å². The Bertz CT molecular complexity index is 497. The number of nitrogen functional groups attached to an aromatic ring is 1. The van der Waals surface area contributed by atoms with E-state index in [1.54, 1.807) is 0 Å². The predicted octanol–water partition coefficient (Wildman–Crippen LogP) is 2.61.